The zero-order chi connectivity index (χ0) is 17.6. The molecule has 3 rings (SSSR count). The summed E-state index contributed by atoms with van der Waals surface area (Å²) < 4.78 is 1.99. The number of hydrogen-bond donors (Lipinski definition) is 2. The van der Waals surface area contributed by atoms with E-state index in [-0.39, 0.29) is 24.0 Å². The predicted molar refractivity (Wildman–Crippen MR) is 120 cm³/mol. The SMILES string of the molecule is CN=C(NCc1ccsc1)NCc1c(C)nn(-c2ccccc2)c1C.I. The van der Waals surface area contributed by atoms with Crippen LogP contribution in [-0.2, 0) is 13.1 Å². The van der Waals surface area contributed by atoms with Gasteiger partial charge in [0.05, 0.1) is 11.4 Å². The van der Waals surface area contributed by atoms with E-state index in [4.69, 9.17) is 0 Å². The first kappa shape index (κ1) is 20.4. The second-order valence-corrected chi connectivity index (χ2v) is 6.59. The number of halogens is 1. The summed E-state index contributed by atoms with van der Waals surface area (Å²) in [5.41, 5.74) is 5.71. The van der Waals surface area contributed by atoms with Crippen LogP contribution in [0.1, 0.15) is 22.5 Å². The third-order valence-electron chi connectivity index (χ3n) is 4.14. The van der Waals surface area contributed by atoms with E-state index in [1.54, 1.807) is 18.4 Å². The van der Waals surface area contributed by atoms with E-state index < -0.39 is 0 Å². The van der Waals surface area contributed by atoms with Crippen molar-refractivity contribution in [2.45, 2.75) is 26.9 Å². The van der Waals surface area contributed by atoms with Gasteiger partial charge < -0.3 is 10.6 Å². The van der Waals surface area contributed by atoms with Gasteiger partial charge in [-0.2, -0.15) is 16.4 Å². The monoisotopic (exact) mass is 481 g/mol. The van der Waals surface area contributed by atoms with Crippen LogP contribution in [0.3, 0.4) is 0 Å². The van der Waals surface area contributed by atoms with Crippen LogP contribution in [-0.4, -0.2) is 22.8 Å². The summed E-state index contributed by atoms with van der Waals surface area (Å²) in [7, 11) is 1.79. The molecule has 2 heterocycles. The summed E-state index contributed by atoms with van der Waals surface area (Å²) in [6.07, 6.45) is 0. The molecule has 2 N–H and O–H groups in total. The first-order chi connectivity index (χ1) is 12.2. The Morgan fingerprint density at radius 1 is 1.12 bits per heavy atom. The van der Waals surface area contributed by atoms with Gasteiger partial charge in [0, 0.05) is 31.4 Å². The Morgan fingerprint density at radius 2 is 1.85 bits per heavy atom. The van der Waals surface area contributed by atoms with Crippen molar-refractivity contribution in [2.75, 3.05) is 7.05 Å². The normalized spacial score (nSPS) is 11.1. The van der Waals surface area contributed by atoms with Crippen LogP contribution in [0.15, 0.2) is 52.2 Å². The fourth-order valence-electron chi connectivity index (χ4n) is 2.72. The van der Waals surface area contributed by atoms with Gasteiger partial charge in [0.1, 0.15) is 0 Å². The fourth-order valence-corrected chi connectivity index (χ4v) is 3.39. The summed E-state index contributed by atoms with van der Waals surface area (Å²) in [5.74, 6) is 0.789. The molecule has 2 aromatic heterocycles. The number of nitrogens with one attached hydrogen (secondary N) is 2. The molecule has 1 aromatic carbocycles. The first-order valence-corrected chi connectivity index (χ1v) is 9.19. The van der Waals surface area contributed by atoms with Gasteiger partial charge in [0.25, 0.3) is 0 Å². The lowest BCUT2D eigenvalue weighted by Crippen LogP contribution is -2.36. The number of rotatable bonds is 5. The fraction of sp³-hybridized carbons (Fsp3) is 0.263. The highest BCUT2D eigenvalue weighted by molar-refractivity contribution is 14.0. The van der Waals surface area contributed by atoms with Gasteiger partial charge in [-0.3, -0.25) is 4.99 Å². The molecule has 0 unspecified atom stereocenters. The number of aromatic nitrogens is 2. The Labute approximate surface area is 175 Å². The lowest BCUT2D eigenvalue weighted by molar-refractivity contribution is 0.801. The second kappa shape index (κ2) is 9.72. The highest BCUT2D eigenvalue weighted by Crippen LogP contribution is 2.17. The standard InChI is InChI=1S/C19H23N5S.HI/c1-14-18(15(2)24(23-14)17-7-5-4-6-8-17)12-22-19(20-3)21-11-16-9-10-25-13-16;/h4-10,13H,11-12H2,1-3H3,(H2,20,21,22);1H. The van der Waals surface area contributed by atoms with Gasteiger partial charge >= 0.3 is 0 Å². The number of guanidine groups is 1. The van der Waals surface area contributed by atoms with E-state index in [0.717, 1.165) is 29.6 Å². The smallest absolute Gasteiger partial charge is 0.191 e. The minimum atomic E-state index is 0. The number of aliphatic imine (C=N–C) groups is 1. The lowest BCUT2D eigenvalue weighted by atomic mass is 10.2. The maximum Gasteiger partial charge on any atom is 0.191 e. The number of nitrogens with zero attached hydrogens (tertiary/aromatic N) is 3. The van der Waals surface area contributed by atoms with Crippen LogP contribution in [0.5, 0.6) is 0 Å². The molecule has 0 atom stereocenters. The van der Waals surface area contributed by atoms with E-state index >= 15 is 0 Å². The third kappa shape index (κ3) is 4.85. The molecule has 0 bridgehead atoms. The van der Waals surface area contributed by atoms with Gasteiger partial charge in [-0.05, 0) is 48.4 Å². The maximum absolute atomic E-state index is 4.69. The van der Waals surface area contributed by atoms with Crippen LogP contribution in [0.25, 0.3) is 5.69 Å². The zero-order valence-corrected chi connectivity index (χ0v) is 18.3. The second-order valence-electron chi connectivity index (χ2n) is 5.81. The highest BCUT2D eigenvalue weighted by Gasteiger charge is 2.13. The molecule has 5 nitrogen and oxygen atoms in total. The Morgan fingerprint density at radius 3 is 2.50 bits per heavy atom. The van der Waals surface area contributed by atoms with E-state index in [9.17, 15) is 0 Å². The third-order valence-corrected chi connectivity index (χ3v) is 4.87. The van der Waals surface area contributed by atoms with E-state index in [2.05, 4.69) is 56.6 Å². The Balaban J connectivity index is 0.00000243. The van der Waals surface area contributed by atoms with Crippen molar-refractivity contribution >= 4 is 41.3 Å². The molecule has 7 heteroatoms. The molecule has 3 aromatic rings. The number of aryl methyl sites for hydroxylation is 1. The molecule has 0 saturated carbocycles. The van der Waals surface area contributed by atoms with Gasteiger partial charge in [0.2, 0.25) is 0 Å². The molecular weight excluding hydrogens is 457 g/mol. The summed E-state index contributed by atoms with van der Waals surface area (Å²) >= 11 is 1.70. The minimum Gasteiger partial charge on any atom is -0.352 e. The number of benzene rings is 1. The number of para-hydroxylation sites is 1. The first-order valence-electron chi connectivity index (χ1n) is 8.25. The molecule has 0 radical (unpaired) electrons. The van der Waals surface area contributed by atoms with Crippen LogP contribution < -0.4 is 10.6 Å². The maximum atomic E-state index is 4.69. The molecule has 0 saturated heterocycles. The van der Waals surface area contributed by atoms with Crippen LogP contribution in [0.4, 0.5) is 0 Å². The van der Waals surface area contributed by atoms with Crippen molar-refractivity contribution in [3.05, 3.63) is 69.7 Å². The predicted octanol–water partition coefficient (Wildman–Crippen LogP) is 4.03. The van der Waals surface area contributed by atoms with Crippen molar-refractivity contribution in [2.24, 2.45) is 4.99 Å². The molecule has 0 amide bonds. The van der Waals surface area contributed by atoms with Gasteiger partial charge in [-0.25, -0.2) is 4.68 Å². The number of hydrogen-bond acceptors (Lipinski definition) is 3. The van der Waals surface area contributed by atoms with E-state index in [1.165, 1.54) is 11.1 Å². The molecule has 0 aliphatic rings. The Kier molecular flexibility index (Phi) is 7.65. The van der Waals surface area contributed by atoms with Crippen LogP contribution >= 0.6 is 35.3 Å². The number of thiophene rings is 1. The minimum absolute atomic E-state index is 0. The van der Waals surface area contributed by atoms with Gasteiger partial charge in [0.15, 0.2) is 5.96 Å². The van der Waals surface area contributed by atoms with Gasteiger partial charge in [-0.1, -0.05) is 18.2 Å². The molecule has 0 fully saturated rings. The molecular formula is C19H24IN5S. The van der Waals surface area contributed by atoms with Crippen LogP contribution in [0, 0.1) is 13.8 Å². The molecule has 26 heavy (non-hydrogen) atoms. The Bertz CT molecular complexity index is 840. The van der Waals surface area contributed by atoms with Crippen molar-refractivity contribution in [1.82, 2.24) is 20.4 Å². The van der Waals surface area contributed by atoms with E-state index in [0.29, 0.717) is 6.54 Å². The molecule has 0 spiro atoms. The van der Waals surface area contributed by atoms with Crippen molar-refractivity contribution < 1.29 is 0 Å². The molecule has 0 aliphatic carbocycles. The summed E-state index contributed by atoms with van der Waals surface area (Å²) in [5, 5.41) is 15.6. The summed E-state index contributed by atoms with van der Waals surface area (Å²) in [6, 6.07) is 12.3. The van der Waals surface area contributed by atoms with Gasteiger partial charge in [-0.15, -0.1) is 24.0 Å². The molecule has 0 aliphatic heterocycles. The topological polar surface area (TPSA) is 54.2 Å². The van der Waals surface area contributed by atoms with Crippen LogP contribution in [0.2, 0.25) is 0 Å². The average molecular weight is 481 g/mol. The zero-order valence-electron chi connectivity index (χ0n) is 15.2. The molecule has 138 valence electrons. The van der Waals surface area contributed by atoms with E-state index in [1.807, 2.05) is 29.8 Å². The summed E-state index contributed by atoms with van der Waals surface area (Å²) in [6.45, 7) is 5.61. The quantitative estimate of drug-likeness (QED) is 0.329. The van der Waals surface area contributed by atoms with Crippen molar-refractivity contribution in [3.8, 4) is 5.69 Å². The highest BCUT2D eigenvalue weighted by atomic mass is 127. The Hall–Kier alpha value is -1.87. The lowest BCUT2D eigenvalue weighted by Gasteiger charge is -2.12. The van der Waals surface area contributed by atoms with Crippen molar-refractivity contribution in [3.63, 3.8) is 0 Å². The van der Waals surface area contributed by atoms with Crippen molar-refractivity contribution in [1.29, 1.82) is 0 Å². The largest absolute Gasteiger partial charge is 0.352 e. The summed E-state index contributed by atoms with van der Waals surface area (Å²) in [4.78, 5) is 4.30. The average Bonchev–Trinajstić information content (AvgIpc) is 3.25.